The largest absolute Gasteiger partial charge is 0.476 e. The lowest BCUT2D eigenvalue weighted by Gasteiger charge is -2.19. The normalized spacial score (nSPS) is 11.6. The molecule has 1 atom stereocenters. The van der Waals surface area contributed by atoms with Gasteiger partial charge < -0.3 is 15.2 Å². The first-order valence-electron chi connectivity index (χ1n) is 10.4. The van der Waals surface area contributed by atoms with Gasteiger partial charge in [-0.05, 0) is 43.2 Å². The third kappa shape index (κ3) is 4.90. The van der Waals surface area contributed by atoms with Crippen LogP contribution in [0, 0.1) is 18.3 Å². The summed E-state index contributed by atoms with van der Waals surface area (Å²) in [6.07, 6.45) is 0. The number of carboxylic acid groups (broad SMARTS) is 1. The minimum Gasteiger partial charge on any atom is -0.476 e. The topological polar surface area (TPSA) is 121 Å². The number of halogens is 1. The van der Waals surface area contributed by atoms with Crippen molar-refractivity contribution >= 4 is 34.3 Å². The van der Waals surface area contributed by atoms with Crippen LogP contribution in [-0.2, 0) is 6.61 Å². The Morgan fingerprint density at radius 2 is 1.94 bits per heavy atom. The zero-order valence-corrected chi connectivity index (χ0v) is 19.2. The van der Waals surface area contributed by atoms with Gasteiger partial charge in [0.05, 0.1) is 22.8 Å². The summed E-state index contributed by atoms with van der Waals surface area (Å²) < 4.78 is 5.85. The Kier molecular flexibility index (Phi) is 6.57. The van der Waals surface area contributed by atoms with E-state index in [1.807, 2.05) is 56.3 Å². The predicted molar refractivity (Wildman–Crippen MR) is 128 cm³/mol. The second kappa shape index (κ2) is 9.73. The molecule has 2 N–H and O–H groups in total. The molecule has 0 aliphatic carbocycles. The number of hydrogen-bond acceptors (Lipinski definition) is 7. The molecule has 0 aliphatic rings. The van der Waals surface area contributed by atoms with Crippen LogP contribution in [0.2, 0.25) is 5.15 Å². The molecule has 4 aromatic rings. The molecule has 0 spiro atoms. The first-order valence-corrected chi connectivity index (χ1v) is 10.8. The minimum absolute atomic E-state index is 0.0896. The molecule has 0 saturated heterocycles. The van der Waals surface area contributed by atoms with E-state index in [0.29, 0.717) is 16.7 Å². The molecule has 8 nitrogen and oxygen atoms in total. The molecule has 34 heavy (non-hydrogen) atoms. The monoisotopic (exact) mass is 473 g/mol. The van der Waals surface area contributed by atoms with Gasteiger partial charge in [-0.2, -0.15) is 5.26 Å². The fourth-order valence-electron chi connectivity index (χ4n) is 3.57. The van der Waals surface area contributed by atoms with Crippen LogP contribution < -0.4 is 10.1 Å². The number of ether oxygens (including phenoxy) is 1. The number of nitriles is 1. The third-order valence-electron chi connectivity index (χ3n) is 5.14. The Hall–Kier alpha value is -4.22. The number of nitrogens with one attached hydrogen (secondary N) is 1. The molecular weight excluding hydrogens is 454 g/mol. The standard InChI is InChI=1S/C25H20ClN5O3/c1-14-10-17(15(2)28-18-8-9-21(26)30-23(18)25(32)33)22-19(11-14)29-20(12-27)24(31-22)34-13-16-6-4-3-5-7-16/h3-11,15,28H,13H2,1-2H3,(H,32,33)/t15-/m1/s1. The van der Waals surface area contributed by atoms with Crippen LogP contribution in [-0.4, -0.2) is 26.0 Å². The van der Waals surface area contributed by atoms with Crippen LogP contribution in [0.15, 0.2) is 54.6 Å². The van der Waals surface area contributed by atoms with Crippen LogP contribution in [0.1, 0.15) is 45.8 Å². The van der Waals surface area contributed by atoms with Gasteiger partial charge in [0.2, 0.25) is 5.69 Å². The average Bonchev–Trinajstić information content (AvgIpc) is 2.83. The number of rotatable bonds is 7. The van der Waals surface area contributed by atoms with E-state index in [1.165, 1.54) is 6.07 Å². The number of nitrogens with zero attached hydrogens (tertiary/aromatic N) is 4. The van der Waals surface area contributed by atoms with Gasteiger partial charge in [0.25, 0.3) is 5.88 Å². The van der Waals surface area contributed by atoms with Crippen LogP contribution in [0.25, 0.3) is 11.0 Å². The smallest absolute Gasteiger partial charge is 0.356 e. The second-order valence-electron chi connectivity index (χ2n) is 7.69. The van der Waals surface area contributed by atoms with Crippen molar-refractivity contribution in [3.8, 4) is 11.9 Å². The summed E-state index contributed by atoms with van der Waals surface area (Å²) in [5.41, 5.74) is 3.94. The maximum atomic E-state index is 11.6. The lowest BCUT2D eigenvalue weighted by molar-refractivity contribution is 0.0691. The van der Waals surface area contributed by atoms with Crippen molar-refractivity contribution in [1.82, 2.24) is 15.0 Å². The highest BCUT2D eigenvalue weighted by Gasteiger charge is 2.20. The number of carboxylic acids is 1. The number of carbonyl (C=O) groups is 1. The molecule has 0 bridgehead atoms. The number of aromatic nitrogens is 3. The number of fused-ring (bicyclic) bond motifs is 1. The summed E-state index contributed by atoms with van der Waals surface area (Å²) in [7, 11) is 0. The highest BCUT2D eigenvalue weighted by atomic mass is 35.5. The van der Waals surface area contributed by atoms with Gasteiger partial charge in [-0.25, -0.2) is 19.7 Å². The SMILES string of the molecule is Cc1cc([C@@H](C)Nc2ccc(Cl)nc2C(=O)O)c2nc(OCc3ccccc3)c(C#N)nc2c1. The first kappa shape index (κ1) is 23.0. The maximum Gasteiger partial charge on any atom is 0.356 e. The van der Waals surface area contributed by atoms with Gasteiger partial charge >= 0.3 is 5.97 Å². The molecule has 4 rings (SSSR count). The number of benzene rings is 2. The van der Waals surface area contributed by atoms with Crippen LogP contribution in [0.3, 0.4) is 0 Å². The summed E-state index contributed by atoms with van der Waals surface area (Å²) in [6.45, 7) is 4.03. The highest BCUT2D eigenvalue weighted by molar-refractivity contribution is 6.29. The molecule has 0 saturated carbocycles. The molecule has 0 radical (unpaired) electrons. The summed E-state index contributed by atoms with van der Waals surface area (Å²) in [6, 6.07) is 18.1. The highest BCUT2D eigenvalue weighted by Crippen LogP contribution is 2.30. The zero-order chi connectivity index (χ0) is 24.2. The van der Waals surface area contributed by atoms with Gasteiger partial charge in [-0.1, -0.05) is 48.0 Å². The van der Waals surface area contributed by atoms with Crippen molar-refractivity contribution < 1.29 is 14.6 Å². The summed E-state index contributed by atoms with van der Waals surface area (Å²) in [4.78, 5) is 24.7. The van der Waals surface area contributed by atoms with Gasteiger partial charge in [-0.3, -0.25) is 0 Å². The van der Waals surface area contributed by atoms with Crippen molar-refractivity contribution in [2.24, 2.45) is 0 Å². The zero-order valence-electron chi connectivity index (χ0n) is 18.4. The Morgan fingerprint density at radius 3 is 2.65 bits per heavy atom. The number of anilines is 1. The van der Waals surface area contributed by atoms with E-state index in [4.69, 9.17) is 16.3 Å². The van der Waals surface area contributed by atoms with Crippen molar-refractivity contribution in [2.75, 3.05) is 5.32 Å². The molecule has 0 aliphatic heterocycles. The van der Waals surface area contributed by atoms with E-state index in [-0.39, 0.29) is 35.1 Å². The summed E-state index contributed by atoms with van der Waals surface area (Å²) in [5, 5.41) is 22.4. The Balaban J connectivity index is 1.73. The van der Waals surface area contributed by atoms with E-state index in [1.54, 1.807) is 6.07 Å². The minimum atomic E-state index is -1.19. The third-order valence-corrected chi connectivity index (χ3v) is 5.35. The molecule has 0 amide bonds. The van der Waals surface area contributed by atoms with E-state index >= 15 is 0 Å². The molecule has 9 heteroatoms. The van der Waals surface area contributed by atoms with Crippen LogP contribution in [0.4, 0.5) is 5.69 Å². The second-order valence-corrected chi connectivity index (χ2v) is 8.07. The number of aromatic carboxylic acids is 1. The van der Waals surface area contributed by atoms with E-state index in [0.717, 1.165) is 16.7 Å². The van der Waals surface area contributed by atoms with Gasteiger partial charge in [0.15, 0.2) is 5.69 Å². The van der Waals surface area contributed by atoms with Crippen molar-refractivity contribution in [3.63, 3.8) is 0 Å². The Labute approximate surface area is 200 Å². The van der Waals surface area contributed by atoms with Gasteiger partial charge in [-0.15, -0.1) is 0 Å². The number of pyridine rings is 1. The Bertz CT molecular complexity index is 1420. The van der Waals surface area contributed by atoms with Crippen molar-refractivity contribution in [1.29, 1.82) is 5.26 Å². The molecule has 2 aromatic heterocycles. The average molecular weight is 474 g/mol. The quantitative estimate of drug-likeness (QED) is 0.346. The summed E-state index contributed by atoms with van der Waals surface area (Å²) >= 11 is 5.87. The lowest BCUT2D eigenvalue weighted by atomic mass is 10.0. The fraction of sp³-hybridized carbons (Fsp3) is 0.160. The van der Waals surface area contributed by atoms with Gasteiger partial charge in [0.1, 0.15) is 17.8 Å². The maximum absolute atomic E-state index is 11.6. The number of aryl methyl sites for hydroxylation is 1. The predicted octanol–water partition coefficient (Wildman–Crippen LogP) is 5.31. The van der Waals surface area contributed by atoms with E-state index in [9.17, 15) is 15.2 Å². The molecule has 0 fully saturated rings. The first-order chi connectivity index (χ1) is 16.4. The molecule has 2 aromatic carbocycles. The van der Waals surface area contributed by atoms with Crippen LogP contribution in [0.5, 0.6) is 5.88 Å². The molecular formula is C25H20ClN5O3. The van der Waals surface area contributed by atoms with E-state index < -0.39 is 5.97 Å². The lowest BCUT2D eigenvalue weighted by Crippen LogP contribution is -2.13. The van der Waals surface area contributed by atoms with Crippen LogP contribution >= 0.6 is 11.6 Å². The molecule has 2 heterocycles. The molecule has 0 unspecified atom stereocenters. The fourth-order valence-corrected chi connectivity index (χ4v) is 3.72. The van der Waals surface area contributed by atoms with Crippen molar-refractivity contribution in [3.05, 3.63) is 87.8 Å². The van der Waals surface area contributed by atoms with E-state index in [2.05, 4.69) is 26.3 Å². The number of hydrogen-bond donors (Lipinski definition) is 2. The van der Waals surface area contributed by atoms with Gasteiger partial charge in [0, 0.05) is 5.56 Å². The van der Waals surface area contributed by atoms with Crippen molar-refractivity contribution in [2.45, 2.75) is 26.5 Å². The summed E-state index contributed by atoms with van der Waals surface area (Å²) in [5.74, 6) is -1.06. The Morgan fingerprint density at radius 1 is 1.18 bits per heavy atom. The molecule has 170 valence electrons.